The maximum absolute atomic E-state index is 10.7. The first-order valence-corrected chi connectivity index (χ1v) is 4.54. The standard InChI is InChI=1S/C9H10ClN3O2/c1-12(2)6-5-7-8(13(14)15)3-4-9(10)11-7/h3-6H,1-2H3. The molecule has 0 aliphatic heterocycles. The molecule has 0 amide bonds. The number of nitrogens with zero attached hydrogens (tertiary/aromatic N) is 3. The average Bonchev–Trinajstić information content (AvgIpc) is 2.14. The van der Waals surface area contributed by atoms with Crippen molar-refractivity contribution in [2.45, 2.75) is 0 Å². The van der Waals surface area contributed by atoms with E-state index in [4.69, 9.17) is 11.6 Å². The Morgan fingerprint density at radius 3 is 2.73 bits per heavy atom. The second kappa shape index (κ2) is 4.75. The molecule has 1 aromatic heterocycles. The molecule has 0 spiro atoms. The Hall–Kier alpha value is -1.62. The van der Waals surface area contributed by atoms with E-state index in [2.05, 4.69) is 4.98 Å². The minimum atomic E-state index is -0.487. The van der Waals surface area contributed by atoms with Crippen molar-refractivity contribution in [1.29, 1.82) is 0 Å². The van der Waals surface area contributed by atoms with Crippen LogP contribution < -0.4 is 0 Å². The van der Waals surface area contributed by atoms with Gasteiger partial charge in [0.2, 0.25) is 0 Å². The van der Waals surface area contributed by atoms with Gasteiger partial charge in [0.1, 0.15) is 10.8 Å². The topological polar surface area (TPSA) is 59.3 Å². The van der Waals surface area contributed by atoms with E-state index in [1.807, 2.05) is 14.1 Å². The molecule has 0 saturated heterocycles. The Balaban J connectivity index is 3.13. The molecule has 1 aromatic rings. The van der Waals surface area contributed by atoms with Crippen LogP contribution in [-0.4, -0.2) is 28.9 Å². The third-order valence-electron chi connectivity index (χ3n) is 1.60. The zero-order valence-corrected chi connectivity index (χ0v) is 9.10. The Kier molecular flexibility index (Phi) is 3.62. The molecule has 5 nitrogen and oxygen atoms in total. The molecule has 6 heteroatoms. The van der Waals surface area contributed by atoms with Crippen molar-refractivity contribution >= 4 is 23.4 Å². The van der Waals surface area contributed by atoms with Crippen molar-refractivity contribution in [2.75, 3.05) is 14.1 Å². The van der Waals surface area contributed by atoms with Gasteiger partial charge in [0.25, 0.3) is 5.69 Å². The minimum absolute atomic E-state index is 0.0579. The fraction of sp³-hybridized carbons (Fsp3) is 0.222. The molecule has 0 unspecified atom stereocenters. The number of nitro groups is 1. The fourth-order valence-electron chi connectivity index (χ4n) is 0.939. The summed E-state index contributed by atoms with van der Waals surface area (Å²) in [5.41, 5.74) is 0.193. The molecule has 0 N–H and O–H groups in total. The van der Waals surface area contributed by atoms with Crippen LogP contribution in [0.4, 0.5) is 5.69 Å². The van der Waals surface area contributed by atoms with Gasteiger partial charge in [0.15, 0.2) is 0 Å². The smallest absolute Gasteiger partial charge is 0.295 e. The maximum Gasteiger partial charge on any atom is 0.295 e. The zero-order valence-electron chi connectivity index (χ0n) is 8.35. The number of rotatable bonds is 3. The van der Waals surface area contributed by atoms with E-state index in [1.54, 1.807) is 17.2 Å². The molecule has 80 valence electrons. The summed E-state index contributed by atoms with van der Waals surface area (Å²) >= 11 is 5.66. The molecule has 0 atom stereocenters. The van der Waals surface area contributed by atoms with Gasteiger partial charge in [0, 0.05) is 26.4 Å². The summed E-state index contributed by atoms with van der Waals surface area (Å²) < 4.78 is 0. The lowest BCUT2D eigenvalue weighted by atomic mass is 10.3. The van der Waals surface area contributed by atoms with Crippen LogP contribution in [0.15, 0.2) is 18.3 Å². The predicted octanol–water partition coefficient (Wildman–Crippen LogP) is 2.18. The van der Waals surface area contributed by atoms with Gasteiger partial charge in [-0.1, -0.05) is 11.6 Å². The summed E-state index contributed by atoms with van der Waals surface area (Å²) in [6.07, 6.45) is 3.22. The van der Waals surface area contributed by atoms with Gasteiger partial charge in [-0.15, -0.1) is 0 Å². The Labute approximate surface area is 92.1 Å². The Morgan fingerprint density at radius 1 is 1.53 bits per heavy atom. The summed E-state index contributed by atoms with van der Waals surface area (Å²) in [7, 11) is 3.62. The molecular formula is C9H10ClN3O2. The minimum Gasteiger partial charge on any atom is -0.383 e. The second-order valence-corrected chi connectivity index (χ2v) is 3.46. The van der Waals surface area contributed by atoms with Crippen molar-refractivity contribution in [3.63, 3.8) is 0 Å². The fourth-order valence-corrected chi connectivity index (χ4v) is 1.09. The highest BCUT2D eigenvalue weighted by atomic mass is 35.5. The predicted molar refractivity (Wildman–Crippen MR) is 58.6 cm³/mol. The van der Waals surface area contributed by atoms with Gasteiger partial charge in [-0.05, 0) is 12.1 Å². The van der Waals surface area contributed by atoms with Crippen LogP contribution >= 0.6 is 11.6 Å². The molecule has 1 rings (SSSR count). The van der Waals surface area contributed by atoms with E-state index in [0.29, 0.717) is 0 Å². The lowest BCUT2D eigenvalue weighted by Crippen LogP contribution is -2.01. The van der Waals surface area contributed by atoms with E-state index in [1.165, 1.54) is 12.1 Å². The van der Waals surface area contributed by atoms with Crippen molar-refractivity contribution < 1.29 is 4.92 Å². The lowest BCUT2D eigenvalue weighted by Gasteiger charge is -2.03. The van der Waals surface area contributed by atoms with Gasteiger partial charge in [-0.25, -0.2) is 4.98 Å². The highest BCUT2D eigenvalue weighted by Crippen LogP contribution is 2.20. The molecule has 0 bridgehead atoms. The Bertz CT molecular complexity index is 404. The molecule has 0 saturated carbocycles. The van der Waals surface area contributed by atoms with Crippen molar-refractivity contribution in [3.05, 3.63) is 39.3 Å². The maximum atomic E-state index is 10.7. The third kappa shape index (κ3) is 3.21. The third-order valence-corrected chi connectivity index (χ3v) is 1.81. The number of hydrogen-bond donors (Lipinski definition) is 0. The summed E-state index contributed by atoms with van der Waals surface area (Å²) in [4.78, 5) is 15.8. The van der Waals surface area contributed by atoms with Crippen LogP contribution in [0.3, 0.4) is 0 Å². The zero-order chi connectivity index (χ0) is 11.4. The van der Waals surface area contributed by atoms with E-state index >= 15 is 0 Å². The average molecular weight is 228 g/mol. The summed E-state index contributed by atoms with van der Waals surface area (Å²) in [5, 5.41) is 10.9. The van der Waals surface area contributed by atoms with Crippen molar-refractivity contribution in [1.82, 2.24) is 9.88 Å². The first kappa shape index (κ1) is 11.5. The molecule has 1 heterocycles. The molecule has 0 fully saturated rings. The quantitative estimate of drug-likeness (QED) is 0.451. The largest absolute Gasteiger partial charge is 0.383 e. The SMILES string of the molecule is CN(C)C=Cc1nc(Cl)ccc1[N+](=O)[O-]. The van der Waals surface area contributed by atoms with Gasteiger partial charge < -0.3 is 4.90 Å². The van der Waals surface area contributed by atoms with E-state index < -0.39 is 4.92 Å². The number of halogens is 1. The molecule has 15 heavy (non-hydrogen) atoms. The van der Waals surface area contributed by atoms with Crippen LogP contribution in [-0.2, 0) is 0 Å². The summed E-state index contributed by atoms with van der Waals surface area (Å²) in [5.74, 6) is 0. The molecular weight excluding hydrogens is 218 g/mol. The molecule has 0 aliphatic rings. The molecule has 0 radical (unpaired) electrons. The van der Waals surface area contributed by atoms with Crippen molar-refractivity contribution in [3.8, 4) is 0 Å². The van der Waals surface area contributed by atoms with Crippen molar-refractivity contribution in [2.24, 2.45) is 0 Å². The number of hydrogen-bond acceptors (Lipinski definition) is 4. The van der Waals surface area contributed by atoms with Crippen LogP contribution in [0.2, 0.25) is 5.15 Å². The van der Waals surface area contributed by atoms with E-state index in [0.717, 1.165) is 0 Å². The van der Waals surface area contributed by atoms with Crippen LogP contribution in [0, 0.1) is 10.1 Å². The molecule has 0 aromatic carbocycles. The highest BCUT2D eigenvalue weighted by molar-refractivity contribution is 6.29. The van der Waals surface area contributed by atoms with Crippen LogP contribution in [0.1, 0.15) is 5.69 Å². The summed E-state index contributed by atoms with van der Waals surface area (Å²) in [6, 6.07) is 2.73. The van der Waals surface area contributed by atoms with Crippen LogP contribution in [0.5, 0.6) is 0 Å². The van der Waals surface area contributed by atoms with Gasteiger partial charge in [-0.3, -0.25) is 10.1 Å². The number of pyridine rings is 1. The Morgan fingerprint density at radius 2 is 2.20 bits per heavy atom. The van der Waals surface area contributed by atoms with Gasteiger partial charge >= 0.3 is 0 Å². The van der Waals surface area contributed by atoms with Gasteiger partial charge in [0.05, 0.1) is 4.92 Å². The van der Waals surface area contributed by atoms with E-state index in [9.17, 15) is 10.1 Å². The molecule has 0 aliphatic carbocycles. The first-order valence-electron chi connectivity index (χ1n) is 4.16. The highest BCUT2D eigenvalue weighted by Gasteiger charge is 2.12. The lowest BCUT2D eigenvalue weighted by molar-refractivity contribution is -0.385. The van der Waals surface area contributed by atoms with Crippen LogP contribution in [0.25, 0.3) is 6.08 Å². The monoisotopic (exact) mass is 227 g/mol. The second-order valence-electron chi connectivity index (χ2n) is 3.07. The van der Waals surface area contributed by atoms with Gasteiger partial charge in [-0.2, -0.15) is 0 Å². The first-order chi connectivity index (χ1) is 7.00. The van der Waals surface area contributed by atoms with E-state index in [-0.39, 0.29) is 16.5 Å². The number of aromatic nitrogens is 1. The normalized spacial score (nSPS) is 10.6. The summed E-state index contributed by atoms with van der Waals surface area (Å²) in [6.45, 7) is 0.